The Bertz CT molecular complexity index is 2560. The standard InChI is InChI=1S/C42H26N4S/c1-4-12-27(13-5-1)32-18-10-20-34-33(32)19-11-21-35(34)41-45-39(29-14-6-2-7-15-29)44-40(46-41)31-23-22-28-24-25-37-38(36(28)26-31)47-42(43-37)30-16-8-3-9-17-30/h1-26H. The number of rotatable bonds is 5. The van der Waals surface area contributed by atoms with Crippen LogP contribution >= 0.6 is 11.3 Å². The van der Waals surface area contributed by atoms with Crippen LogP contribution in [-0.4, -0.2) is 19.9 Å². The molecule has 2 aromatic heterocycles. The van der Waals surface area contributed by atoms with E-state index in [0.717, 1.165) is 59.0 Å². The highest BCUT2D eigenvalue weighted by atomic mass is 32.1. The van der Waals surface area contributed by atoms with Gasteiger partial charge < -0.3 is 0 Å². The van der Waals surface area contributed by atoms with Gasteiger partial charge in [-0.15, -0.1) is 11.3 Å². The highest BCUT2D eigenvalue weighted by Crippen LogP contribution is 2.38. The van der Waals surface area contributed by atoms with Crippen molar-refractivity contribution in [1.82, 2.24) is 19.9 Å². The molecule has 0 radical (unpaired) electrons. The molecule has 0 bridgehead atoms. The molecule has 0 N–H and O–H groups in total. The number of thiazole rings is 1. The molecule has 4 nitrogen and oxygen atoms in total. The molecular weight excluding hydrogens is 593 g/mol. The summed E-state index contributed by atoms with van der Waals surface area (Å²) in [7, 11) is 0. The van der Waals surface area contributed by atoms with Crippen molar-refractivity contribution in [2.45, 2.75) is 0 Å². The molecule has 0 amide bonds. The topological polar surface area (TPSA) is 51.6 Å². The first-order valence-electron chi connectivity index (χ1n) is 15.6. The van der Waals surface area contributed by atoms with E-state index in [-0.39, 0.29) is 0 Å². The molecule has 47 heavy (non-hydrogen) atoms. The van der Waals surface area contributed by atoms with Gasteiger partial charge in [0.15, 0.2) is 17.5 Å². The molecule has 0 aliphatic rings. The number of hydrogen-bond donors (Lipinski definition) is 0. The first-order valence-corrected chi connectivity index (χ1v) is 16.4. The van der Waals surface area contributed by atoms with Crippen molar-refractivity contribution in [2.24, 2.45) is 0 Å². The van der Waals surface area contributed by atoms with Crippen molar-refractivity contribution in [2.75, 3.05) is 0 Å². The third-order valence-electron chi connectivity index (χ3n) is 8.57. The Balaban J connectivity index is 1.24. The van der Waals surface area contributed by atoms with Crippen molar-refractivity contribution in [3.05, 3.63) is 158 Å². The number of fused-ring (bicyclic) bond motifs is 4. The minimum absolute atomic E-state index is 0.636. The van der Waals surface area contributed by atoms with Gasteiger partial charge in [-0.05, 0) is 39.4 Å². The maximum absolute atomic E-state index is 5.16. The zero-order valence-corrected chi connectivity index (χ0v) is 26.0. The fourth-order valence-corrected chi connectivity index (χ4v) is 7.36. The Morgan fingerprint density at radius 3 is 1.66 bits per heavy atom. The van der Waals surface area contributed by atoms with Gasteiger partial charge in [0.2, 0.25) is 0 Å². The number of benzene rings is 7. The summed E-state index contributed by atoms with van der Waals surface area (Å²) < 4.78 is 1.16. The molecule has 0 fully saturated rings. The summed E-state index contributed by atoms with van der Waals surface area (Å²) in [6, 6.07) is 54.5. The molecule has 0 aliphatic carbocycles. The van der Waals surface area contributed by atoms with E-state index in [1.807, 2.05) is 42.5 Å². The van der Waals surface area contributed by atoms with Crippen LogP contribution in [0.2, 0.25) is 0 Å². The van der Waals surface area contributed by atoms with Crippen molar-refractivity contribution in [1.29, 1.82) is 0 Å². The molecule has 0 spiro atoms. The molecule has 0 aliphatic heterocycles. The average Bonchev–Trinajstić information content (AvgIpc) is 3.60. The van der Waals surface area contributed by atoms with Gasteiger partial charge in [-0.2, -0.15) is 0 Å². The lowest BCUT2D eigenvalue weighted by Gasteiger charge is -2.12. The van der Waals surface area contributed by atoms with Crippen LogP contribution in [0.1, 0.15) is 0 Å². The van der Waals surface area contributed by atoms with Gasteiger partial charge in [-0.25, -0.2) is 19.9 Å². The van der Waals surface area contributed by atoms with Crippen LogP contribution < -0.4 is 0 Å². The fourth-order valence-electron chi connectivity index (χ4n) is 6.26. The molecule has 0 unspecified atom stereocenters. The summed E-state index contributed by atoms with van der Waals surface area (Å²) in [6.45, 7) is 0. The van der Waals surface area contributed by atoms with E-state index >= 15 is 0 Å². The maximum atomic E-state index is 5.16. The van der Waals surface area contributed by atoms with Crippen LogP contribution in [-0.2, 0) is 0 Å². The van der Waals surface area contributed by atoms with Crippen molar-refractivity contribution < 1.29 is 0 Å². The lowest BCUT2D eigenvalue weighted by atomic mass is 9.95. The van der Waals surface area contributed by atoms with E-state index < -0.39 is 0 Å². The second-order valence-corrected chi connectivity index (χ2v) is 12.5. The second-order valence-electron chi connectivity index (χ2n) is 11.5. The van der Waals surface area contributed by atoms with Crippen molar-refractivity contribution in [3.8, 4) is 55.9 Å². The summed E-state index contributed by atoms with van der Waals surface area (Å²) in [5.74, 6) is 1.92. The summed E-state index contributed by atoms with van der Waals surface area (Å²) in [5, 5.41) is 5.57. The number of aromatic nitrogens is 4. The van der Waals surface area contributed by atoms with Gasteiger partial charge in [0.05, 0.1) is 10.2 Å². The van der Waals surface area contributed by atoms with E-state index in [0.29, 0.717) is 17.5 Å². The molecule has 7 aromatic carbocycles. The average molecular weight is 619 g/mol. The van der Waals surface area contributed by atoms with Gasteiger partial charge in [-0.3, -0.25) is 0 Å². The fraction of sp³-hybridized carbons (Fsp3) is 0. The normalized spacial score (nSPS) is 11.4. The van der Waals surface area contributed by atoms with Crippen LogP contribution in [0, 0.1) is 0 Å². The third kappa shape index (κ3) is 4.94. The van der Waals surface area contributed by atoms with E-state index in [1.54, 1.807) is 11.3 Å². The highest BCUT2D eigenvalue weighted by Gasteiger charge is 2.17. The van der Waals surface area contributed by atoms with Gasteiger partial charge in [0.25, 0.3) is 0 Å². The Kier molecular flexibility index (Phi) is 6.61. The van der Waals surface area contributed by atoms with Gasteiger partial charge in [0, 0.05) is 27.6 Å². The zero-order valence-electron chi connectivity index (χ0n) is 25.2. The molecule has 0 saturated heterocycles. The monoisotopic (exact) mass is 618 g/mol. The van der Waals surface area contributed by atoms with Crippen molar-refractivity contribution in [3.63, 3.8) is 0 Å². The Labute approximate surface area is 275 Å². The van der Waals surface area contributed by atoms with E-state index in [1.165, 1.54) is 11.1 Å². The molecule has 0 saturated carbocycles. The lowest BCUT2D eigenvalue weighted by molar-refractivity contribution is 1.08. The van der Waals surface area contributed by atoms with E-state index in [9.17, 15) is 0 Å². The Hall–Kier alpha value is -6.04. The smallest absolute Gasteiger partial charge is 0.164 e. The SMILES string of the molecule is c1ccc(-c2nc(-c3ccc4ccc5nc(-c6ccccc6)sc5c4c3)nc(-c3cccc4c(-c5ccccc5)cccc34)n2)cc1. The predicted molar refractivity (Wildman–Crippen MR) is 195 cm³/mol. The first kappa shape index (κ1) is 27.3. The van der Waals surface area contributed by atoms with Gasteiger partial charge >= 0.3 is 0 Å². The minimum Gasteiger partial charge on any atom is -0.236 e. The second kappa shape index (κ2) is 11.4. The van der Waals surface area contributed by atoms with Crippen LogP contribution in [0.15, 0.2) is 158 Å². The van der Waals surface area contributed by atoms with Crippen LogP contribution in [0.4, 0.5) is 0 Å². The Morgan fingerprint density at radius 1 is 0.362 bits per heavy atom. The van der Waals surface area contributed by atoms with Crippen LogP contribution in [0.5, 0.6) is 0 Å². The third-order valence-corrected chi connectivity index (χ3v) is 9.72. The first-order chi connectivity index (χ1) is 23.3. The predicted octanol–water partition coefficient (Wildman–Crippen LogP) is 11.1. The highest BCUT2D eigenvalue weighted by molar-refractivity contribution is 7.22. The maximum Gasteiger partial charge on any atom is 0.164 e. The van der Waals surface area contributed by atoms with E-state index in [4.69, 9.17) is 19.9 Å². The molecule has 2 heterocycles. The number of nitrogens with zero attached hydrogens (tertiary/aromatic N) is 4. The van der Waals surface area contributed by atoms with Crippen LogP contribution in [0.3, 0.4) is 0 Å². The van der Waals surface area contributed by atoms with Gasteiger partial charge in [-0.1, -0.05) is 146 Å². The largest absolute Gasteiger partial charge is 0.236 e. The molecular formula is C42H26N4S. The molecule has 9 rings (SSSR count). The summed E-state index contributed by atoms with van der Waals surface area (Å²) in [6.07, 6.45) is 0. The summed E-state index contributed by atoms with van der Waals surface area (Å²) >= 11 is 1.72. The van der Waals surface area contributed by atoms with Crippen molar-refractivity contribution >= 4 is 43.1 Å². The quantitative estimate of drug-likeness (QED) is 0.193. The molecule has 0 atom stereocenters. The molecule has 9 aromatic rings. The molecule has 5 heteroatoms. The Morgan fingerprint density at radius 2 is 0.936 bits per heavy atom. The van der Waals surface area contributed by atoms with E-state index in [2.05, 4.69) is 115 Å². The summed E-state index contributed by atoms with van der Waals surface area (Å²) in [4.78, 5) is 20.3. The lowest BCUT2D eigenvalue weighted by Crippen LogP contribution is -2.00. The molecule has 220 valence electrons. The van der Waals surface area contributed by atoms with Gasteiger partial charge in [0.1, 0.15) is 5.01 Å². The van der Waals surface area contributed by atoms with Crippen LogP contribution in [0.25, 0.3) is 87.6 Å². The zero-order chi connectivity index (χ0) is 31.2. The number of hydrogen-bond acceptors (Lipinski definition) is 5. The minimum atomic E-state index is 0.636. The summed E-state index contributed by atoms with van der Waals surface area (Å²) in [5.41, 5.74) is 7.33.